The highest BCUT2D eigenvalue weighted by Crippen LogP contribution is 2.29. The molecular formula is C21H13N6. The highest BCUT2D eigenvalue weighted by Gasteiger charge is 2.17. The van der Waals surface area contributed by atoms with Crippen LogP contribution >= 0.6 is 0 Å². The van der Waals surface area contributed by atoms with Gasteiger partial charge in [-0.05, 0) is 24.3 Å². The van der Waals surface area contributed by atoms with Gasteiger partial charge in [0.05, 0.1) is 40.0 Å². The van der Waals surface area contributed by atoms with E-state index in [1.165, 1.54) is 0 Å². The third kappa shape index (κ3) is 1.98. The molecule has 6 heteroatoms. The number of nitrogens with zero attached hydrogens (tertiary/aromatic N) is 5. The maximum absolute atomic E-state index is 4.59. The van der Waals surface area contributed by atoms with Gasteiger partial charge in [-0.15, -0.1) is 0 Å². The van der Waals surface area contributed by atoms with Crippen molar-refractivity contribution >= 4 is 32.7 Å². The van der Waals surface area contributed by atoms with Crippen LogP contribution in [0.5, 0.6) is 0 Å². The van der Waals surface area contributed by atoms with E-state index in [9.17, 15) is 0 Å². The Kier molecular flexibility index (Phi) is 2.79. The monoisotopic (exact) mass is 349 g/mol. The quantitative estimate of drug-likeness (QED) is 0.513. The zero-order valence-corrected chi connectivity index (χ0v) is 14.2. The van der Waals surface area contributed by atoms with Crippen molar-refractivity contribution in [3.63, 3.8) is 0 Å². The lowest BCUT2D eigenvalue weighted by atomic mass is 10.2. The van der Waals surface area contributed by atoms with Crippen LogP contribution in [0.4, 0.5) is 0 Å². The van der Waals surface area contributed by atoms with Gasteiger partial charge >= 0.3 is 0 Å². The van der Waals surface area contributed by atoms with Gasteiger partial charge in [0.25, 0.3) is 0 Å². The number of hydrogen-bond donors (Lipinski definition) is 1. The zero-order chi connectivity index (χ0) is 17.8. The van der Waals surface area contributed by atoms with Crippen molar-refractivity contribution in [1.29, 1.82) is 0 Å². The van der Waals surface area contributed by atoms with Crippen LogP contribution in [0.15, 0.2) is 73.1 Å². The summed E-state index contributed by atoms with van der Waals surface area (Å²) in [5.74, 6) is 0.734. The molecule has 0 aliphatic heterocycles. The van der Waals surface area contributed by atoms with Crippen molar-refractivity contribution < 1.29 is 0 Å². The first-order valence-electron chi connectivity index (χ1n) is 8.65. The SMILES string of the molecule is [c]1ccc2[nH]nc(-n3ncc4ccccc43)c2c1-n1ncc2ccccc21. The number of nitrogens with one attached hydrogen (secondary N) is 1. The number of fused-ring (bicyclic) bond motifs is 3. The molecule has 0 unspecified atom stereocenters. The van der Waals surface area contributed by atoms with Crippen LogP contribution in [0.3, 0.4) is 0 Å². The van der Waals surface area contributed by atoms with Crippen molar-refractivity contribution in [3.8, 4) is 11.5 Å². The van der Waals surface area contributed by atoms with Gasteiger partial charge in [0.15, 0.2) is 5.82 Å². The molecule has 127 valence electrons. The number of hydrogen-bond acceptors (Lipinski definition) is 3. The van der Waals surface area contributed by atoms with Gasteiger partial charge in [-0.1, -0.05) is 36.4 Å². The maximum atomic E-state index is 4.59. The standard InChI is InChI=1S/C21H13N6/c1-3-9-17-14(6-1)12-22-26(17)19-11-5-8-16-20(19)21(25-24-16)27-18-10-4-2-7-15(18)13-23-27/h1-10,12-13H,(H,24,25). The molecule has 6 rings (SSSR count). The number of para-hydroxylation sites is 2. The minimum Gasteiger partial charge on any atom is -0.276 e. The Bertz CT molecular complexity index is 1440. The summed E-state index contributed by atoms with van der Waals surface area (Å²) < 4.78 is 3.76. The second-order valence-electron chi connectivity index (χ2n) is 6.39. The first kappa shape index (κ1) is 14.3. The van der Waals surface area contributed by atoms with E-state index >= 15 is 0 Å². The van der Waals surface area contributed by atoms with E-state index in [2.05, 4.69) is 38.6 Å². The Hall–Kier alpha value is -3.93. The predicted octanol–water partition coefficient (Wildman–Crippen LogP) is 4.04. The minimum atomic E-state index is 0.734. The Morgan fingerprint density at radius 3 is 2.22 bits per heavy atom. The van der Waals surface area contributed by atoms with E-state index in [1.54, 1.807) is 0 Å². The molecule has 3 heterocycles. The first-order chi connectivity index (χ1) is 13.4. The third-order valence-electron chi connectivity index (χ3n) is 4.85. The lowest BCUT2D eigenvalue weighted by molar-refractivity contribution is 0.863. The van der Waals surface area contributed by atoms with E-state index in [-0.39, 0.29) is 0 Å². The number of benzene rings is 3. The van der Waals surface area contributed by atoms with Crippen molar-refractivity contribution in [2.75, 3.05) is 0 Å². The van der Waals surface area contributed by atoms with E-state index in [0.29, 0.717) is 0 Å². The summed E-state index contributed by atoms with van der Waals surface area (Å²) in [6.07, 6.45) is 3.72. The fourth-order valence-electron chi connectivity index (χ4n) is 3.59. The predicted molar refractivity (Wildman–Crippen MR) is 104 cm³/mol. The summed E-state index contributed by atoms with van der Waals surface area (Å²) in [6, 6.07) is 23.4. The van der Waals surface area contributed by atoms with Crippen molar-refractivity contribution in [2.45, 2.75) is 0 Å². The van der Waals surface area contributed by atoms with Crippen LogP contribution in [0.25, 0.3) is 44.2 Å². The fourth-order valence-corrected chi connectivity index (χ4v) is 3.59. The van der Waals surface area contributed by atoms with Gasteiger partial charge in [0.2, 0.25) is 0 Å². The molecule has 3 aromatic heterocycles. The van der Waals surface area contributed by atoms with Gasteiger partial charge in [0.1, 0.15) is 0 Å². The molecule has 3 aromatic carbocycles. The summed E-state index contributed by atoms with van der Waals surface area (Å²) in [5.41, 5.74) is 3.79. The smallest absolute Gasteiger partial charge is 0.185 e. The van der Waals surface area contributed by atoms with Crippen LogP contribution in [0.2, 0.25) is 0 Å². The normalized spacial score (nSPS) is 11.7. The molecular weight excluding hydrogens is 336 g/mol. The van der Waals surface area contributed by atoms with E-state index in [4.69, 9.17) is 0 Å². The number of H-pyrrole nitrogens is 1. The van der Waals surface area contributed by atoms with E-state index in [0.717, 1.165) is 44.2 Å². The van der Waals surface area contributed by atoms with Crippen LogP contribution < -0.4 is 0 Å². The Morgan fingerprint density at radius 1 is 0.778 bits per heavy atom. The average molecular weight is 349 g/mol. The molecule has 1 radical (unpaired) electrons. The van der Waals surface area contributed by atoms with Crippen LogP contribution in [0.1, 0.15) is 0 Å². The molecule has 0 aliphatic rings. The second kappa shape index (κ2) is 5.28. The van der Waals surface area contributed by atoms with Crippen molar-refractivity contribution in [3.05, 3.63) is 79.1 Å². The molecule has 0 fully saturated rings. The molecule has 0 spiro atoms. The third-order valence-corrected chi connectivity index (χ3v) is 4.85. The summed E-state index contributed by atoms with van der Waals surface area (Å²) in [7, 11) is 0. The molecule has 0 saturated heterocycles. The maximum Gasteiger partial charge on any atom is 0.185 e. The Labute approximate surface area is 153 Å². The van der Waals surface area contributed by atoms with Crippen LogP contribution in [-0.4, -0.2) is 29.8 Å². The molecule has 0 saturated carbocycles. The molecule has 0 amide bonds. The largest absolute Gasteiger partial charge is 0.276 e. The highest BCUT2D eigenvalue weighted by molar-refractivity contribution is 5.96. The molecule has 6 aromatic rings. The van der Waals surface area contributed by atoms with Gasteiger partial charge in [-0.2, -0.15) is 15.3 Å². The lowest BCUT2D eigenvalue weighted by Gasteiger charge is -2.07. The summed E-state index contributed by atoms with van der Waals surface area (Å²) in [6.45, 7) is 0. The Morgan fingerprint density at radius 2 is 1.44 bits per heavy atom. The lowest BCUT2D eigenvalue weighted by Crippen LogP contribution is -2.01. The molecule has 0 atom stereocenters. The molecule has 0 bridgehead atoms. The van der Waals surface area contributed by atoms with E-state index in [1.807, 2.05) is 70.3 Å². The van der Waals surface area contributed by atoms with Crippen molar-refractivity contribution in [1.82, 2.24) is 29.8 Å². The topological polar surface area (TPSA) is 64.3 Å². The molecule has 0 aliphatic carbocycles. The number of aromatic nitrogens is 6. The Balaban J connectivity index is 1.69. The number of aromatic amines is 1. The summed E-state index contributed by atoms with van der Waals surface area (Å²) in [4.78, 5) is 0. The van der Waals surface area contributed by atoms with E-state index < -0.39 is 0 Å². The van der Waals surface area contributed by atoms with Gasteiger partial charge in [-0.25, -0.2) is 9.36 Å². The summed E-state index contributed by atoms with van der Waals surface area (Å²) in [5, 5.41) is 19.9. The van der Waals surface area contributed by atoms with Gasteiger partial charge in [0, 0.05) is 16.8 Å². The minimum absolute atomic E-state index is 0.734. The average Bonchev–Trinajstić information content (AvgIpc) is 3.43. The van der Waals surface area contributed by atoms with Crippen molar-refractivity contribution in [2.24, 2.45) is 0 Å². The highest BCUT2D eigenvalue weighted by atomic mass is 15.4. The summed E-state index contributed by atoms with van der Waals surface area (Å²) >= 11 is 0. The van der Waals surface area contributed by atoms with Gasteiger partial charge in [-0.3, -0.25) is 5.10 Å². The first-order valence-corrected chi connectivity index (χ1v) is 8.65. The van der Waals surface area contributed by atoms with Crippen LogP contribution in [-0.2, 0) is 0 Å². The zero-order valence-electron chi connectivity index (χ0n) is 14.2. The molecule has 27 heavy (non-hydrogen) atoms. The van der Waals surface area contributed by atoms with Crippen LogP contribution in [0, 0.1) is 6.07 Å². The van der Waals surface area contributed by atoms with Gasteiger partial charge < -0.3 is 0 Å². The number of rotatable bonds is 2. The molecule has 1 N–H and O–H groups in total. The second-order valence-corrected chi connectivity index (χ2v) is 6.39. The fraction of sp³-hybridized carbons (Fsp3) is 0. The molecule has 6 nitrogen and oxygen atoms in total.